The molecule has 1 rings (SSSR count). The molecule has 0 N–H and O–H groups in total. The summed E-state index contributed by atoms with van der Waals surface area (Å²) in [5, 5.41) is 0. The van der Waals surface area contributed by atoms with E-state index in [4.69, 9.17) is 9.47 Å². The molecule has 0 heterocycles. The molecule has 1 saturated carbocycles. The lowest BCUT2D eigenvalue weighted by Crippen LogP contribution is -2.34. The third-order valence-electron chi connectivity index (χ3n) is 3.94. The summed E-state index contributed by atoms with van der Waals surface area (Å²) in [6.07, 6.45) is -0.452. The second kappa shape index (κ2) is 8.52. The van der Waals surface area contributed by atoms with Crippen molar-refractivity contribution in [3.8, 4) is 0 Å². The zero-order valence-electron chi connectivity index (χ0n) is 13.4. The fourth-order valence-electron chi connectivity index (χ4n) is 2.46. The van der Waals surface area contributed by atoms with Gasteiger partial charge < -0.3 is 14.2 Å². The molecule has 1 unspecified atom stereocenters. The predicted octanol–water partition coefficient (Wildman–Crippen LogP) is 3.01. The molecule has 0 spiro atoms. The Balaban J connectivity index is 2.22. The van der Waals surface area contributed by atoms with Crippen LogP contribution < -0.4 is 0 Å². The maximum absolute atomic E-state index is 12.0. The normalized spacial score (nSPS) is 18.5. The van der Waals surface area contributed by atoms with E-state index >= 15 is 0 Å². The predicted molar refractivity (Wildman–Crippen MR) is 74.6 cm³/mol. The summed E-state index contributed by atoms with van der Waals surface area (Å²) >= 11 is 0. The van der Waals surface area contributed by atoms with Gasteiger partial charge in [-0.1, -0.05) is 6.92 Å². The van der Waals surface area contributed by atoms with Crippen LogP contribution in [0.3, 0.4) is 0 Å². The Labute approximate surface area is 133 Å². The molecular formula is C15H23F3O5. The van der Waals surface area contributed by atoms with Gasteiger partial charge in [0.05, 0.1) is 19.1 Å². The number of halogens is 3. The third-order valence-corrected chi connectivity index (χ3v) is 3.94. The van der Waals surface area contributed by atoms with Gasteiger partial charge in [-0.15, -0.1) is 0 Å². The molecule has 0 aliphatic heterocycles. The highest BCUT2D eigenvalue weighted by Gasteiger charge is 2.41. The van der Waals surface area contributed by atoms with Crippen molar-refractivity contribution in [3.05, 3.63) is 0 Å². The van der Waals surface area contributed by atoms with E-state index in [1.165, 1.54) is 0 Å². The molecule has 1 aliphatic carbocycles. The summed E-state index contributed by atoms with van der Waals surface area (Å²) in [5.74, 6) is -3.15. The molecule has 8 heteroatoms. The van der Waals surface area contributed by atoms with E-state index < -0.39 is 24.7 Å². The fourth-order valence-corrected chi connectivity index (χ4v) is 2.46. The quantitative estimate of drug-likeness (QED) is 0.502. The molecule has 0 aromatic carbocycles. The van der Waals surface area contributed by atoms with Gasteiger partial charge >= 0.3 is 18.1 Å². The first kappa shape index (κ1) is 19.7. The van der Waals surface area contributed by atoms with Gasteiger partial charge in [0.2, 0.25) is 0 Å². The summed E-state index contributed by atoms with van der Waals surface area (Å²) in [6.45, 7) is 2.89. The maximum atomic E-state index is 12.0. The number of hydrogen-bond donors (Lipinski definition) is 0. The van der Waals surface area contributed by atoms with Gasteiger partial charge in [0, 0.05) is 0 Å². The lowest BCUT2D eigenvalue weighted by atomic mass is 9.98. The third kappa shape index (κ3) is 6.37. The first-order chi connectivity index (χ1) is 10.7. The minimum Gasteiger partial charge on any atom is -0.459 e. The number of esters is 2. The van der Waals surface area contributed by atoms with Crippen molar-refractivity contribution in [2.24, 2.45) is 5.92 Å². The van der Waals surface area contributed by atoms with E-state index in [0.717, 1.165) is 32.1 Å². The van der Waals surface area contributed by atoms with Crippen molar-refractivity contribution >= 4 is 11.9 Å². The van der Waals surface area contributed by atoms with Crippen molar-refractivity contribution in [3.63, 3.8) is 0 Å². The van der Waals surface area contributed by atoms with E-state index in [2.05, 4.69) is 4.74 Å². The summed E-state index contributed by atoms with van der Waals surface area (Å²) in [4.78, 5) is 22.5. The Morgan fingerprint density at radius 1 is 1.17 bits per heavy atom. The Hall–Kier alpha value is -1.31. The van der Waals surface area contributed by atoms with Crippen LogP contribution in [0, 0.1) is 5.92 Å². The number of rotatable bonds is 8. The van der Waals surface area contributed by atoms with Crippen LogP contribution in [0.5, 0.6) is 0 Å². The molecule has 1 fully saturated rings. The van der Waals surface area contributed by atoms with Crippen LogP contribution in [0.1, 0.15) is 46.0 Å². The molecule has 0 aromatic heterocycles. The first-order valence-electron chi connectivity index (χ1n) is 7.75. The first-order valence-corrected chi connectivity index (χ1v) is 7.75. The second-order valence-corrected chi connectivity index (χ2v) is 5.77. The van der Waals surface area contributed by atoms with Gasteiger partial charge in [-0.25, -0.2) is 4.79 Å². The molecule has 5 nitrogen and oxygen atoms in total. The van der Waals surface area contributed by atoms with E-state index in [0.29, 0.717) is 0 Å². The van der Waals surface area contributed by atoms with E-state index in [9.17, 15) is 22.8 Å². The average Bonchev–Trinajstić information content (AvgIpc) is 2.94. The lowest BCUT2D eigenvalue weighted by Gasteiger charge is -2.29. The molecule has 1 atom stereocenters. The minimum atomic E-state index is -5.01. The molecular weight excluding hydrogens is 317 g/mol. The van der Waals surface area contributed by atoms with Crippen LogP contribution in [0.2, 0.25) is 0 Å². The summed E-state index contributed by atoms with van der Waals surface area (Å²) < 4.78 is 50.3. The number of carbonyl (C=O) groups is 2. The van der Waals surface area contributed by atoms with Crippen LogP contribution in [0.25, 0.3) is 0 Å². The highest BCUT2D eigenvalue weighted by Crippen LogP contribution is 2.36. The van der Waals surface area contributed by atoms with Crippen molar-refractivity contribution in [2.45, 2.75) is 57.7 Å². The average molecular weight is 340 g/mol. The highest BCUT2D eigenvalue weighted by molar-refractivity contribution is 5.75. The smallest absolute Gasteiger partial charge is 0.459 e. The standard InChI is InChI=1S/C15H23F3O5/c1-3-14(6-4-5-7-14)23-12(19)11(2)10-21-8-9-22-13(20)15(16,17)18/h11H,3-10H2,1-2H3. The molecule has 1 aliphatic rings. The molecule has 0 aromatic rings. The van der Waals surface area contributed by atoms with Gasteiger partial charge in [-0.05, 0) is 39.0 Å². The molecule has 0 radical (unpaired) electrons. The lowest BCUT2D eigenvalue weighted by molar-refractivity contribution is -0.201. The van der Waals surface area contributed by atoms with Crippen LogP contribution in [0.15, 0.2) is 0 Å². The van der Waals surface area contributed by atoms with Crippen molar-refractivity contribution < 1.29 is 37.0 Å². The van der Waals surface area contributed by atoms with Crippen LogP contribution in [-0.2, 0) is 23.8 Å². The summed E-state index contributed by atoms with van der Waals surface area (Å²) in [5.41, 5.74) is -0.381. The zero-order valence-corrected chi connectivity index (χ0v) is 13.4. The van der Waals surface area contributed by atoms with Gasteiger partial charge in [0.15, 0.2) is 0 Å². The van der Waals surface area contributed by atoms with Gasteiger partial charge in [0.25, 0.3) is 0 Å². The highest BCUT2D eigenvalue weighted by atomic mass is 19.4. The number of ether oxygens (including phenoxy) is 3. The topological polar surface area (TPSA) is 61.8 Å². The Morgan fingerprint density at radius 3 is 2.30 bits per heavy atom. The van der Waals surface area contributed by atoms with Gasteiger partial charge in [0.1, 0.15) is 12.2 Å². The molecule has 134 valence electrons. The summed E-state index contributed by atoms with van der Waals surface area (Å²) in [6, 6.07) is 0. The molecule has 0 bridgehead atoms. The molecule has 0 saturated heterocycles. The van der Waals surface area contributed by atoms with E-state index in [-0.39, 0.29) is 24.8 Å². The maximum Gasteiger partial charge on any atom is 0.490 e. The van der Waals surface area contributed by atoms with Crippen molar-refractivity contribution in [1.82, 2.24) is 0 Å². The van der Waals surface area contributed by atoms with E-state index in [1.807, 2.05) is 6.92 Å². The minimum absolute atomic E-state index is 0.00218. The number of hydrogen-bond acceptors (Lipinski definition) is 5. The van der Waals surface area contributed by atoms with E-state index in [1.54, 1.807) is 6.92 Å². The zero-order chi connectivity index (χ0) is 17.5. The monoisotopic (exact) mass is 340 g/mol. The van der Waals surface area contributed by atoms with Gasteiger partial charge in [-0.3, -0.25) is 4.79 Å². The Bertz CT molecular complexity index is 402. The second-order valence-electron chi connectivity index (χ2n) is 5.77. The number of carbonyl (C=O) groups excluding carboxylic acids is 2. The fraction of sp³-hybridized carbons (Fsp3) is 0.867. The molecule has 23 heavy (non-hydrogen) atoms. The number of alkyl halides is 3. The van der Waals surface area contributed by atoms with Crippen LogP contribution >= 0.6 is 0 Å². The summed E-state index contributed by atoms with van der Waals surface area (Å²) in [7, 11) is 0. The Morgan fingerprint density at radius 2 is 1.78 bits per heavy atom. The van der Waals surface area contributed by atoms with Gasteiger partial charge in [-0.2, -0.15) is 13.2 Å². The largest absolute Gasteiger partial charge is 0.490 e. The molecule has 0 amide bonds. The van der Waals surface area contributed by atoms with Crippen molar-refractivity contribution in [2.75, 3.05) is 19.8 Å². The SMILES string of the molecule is CCC1(OC(=O)C(C)COCCOC(=O)C(F)(F)F)CCCC1. The Kier molecular flexibility index (Phi) is 7.31. The van der Waals surface area contributed by atoms with Crippen LogP contribution in [-0.4, -0.2) is 43.5 Å². The van der Waals surface area contributed by atoms with Crippen molar-refractivity contribution in [1.29, 1.82) is 0 Å². The van der Waals surface area contributed by atoms with Crippen LogP contribution in [0.4, 0.5) is 13.2 Å².